The maximum absolute atomic E-state index is 13.7. The number of aryl methyl sites for hydroxylation is 1. The fourth-order valence-corrected chi connectivity index (χ4v) is 8.19. The number of benzene rings is 2. The first kappa shape index (κ1) is 34.4. The number of piperazine rings is 1. The van der Waals surface area contributed by atoms with Crippen molar-refractivity contribution >= 4 is 23.2 Å². The first-order valence-corrected chi connectivity index (χ1v) is 17.1. The standard InChI is InChI=1S/C35H38F6N4O2S/c1-23-7-8-31(48-23)33(47)44-11-9-29(22-44)43-15-13-42(14-16-43)28-10-12-45(30(21-28)17-24-5-3-2-4-6-24)32(46)25-18-26(34(36,37)38)20-27(19-25)35(39,40)41/h2-8,18-20,28-30H,9-17,21-22H2,1H3. The van der Waals surface area contributed by atoms with Gasteiger partial charge in [0, 0.05) is 74.4 Å². The van der Waals surface area contributed by atoms with Crippen molar-refractivity contribution in [2.75, 3.05) is 45.8 Å². The Kier molecular flexibility index (Phi) is 9.93. The number of rotatable bonds is 6. The van der Waals surface area contributed by atoms with Crippen LogP contribution in [0.3, 0.4) is 0 Å². The topological polar surface area (TPSA) is 47.1 Å². The number of halogens is 6. The number of alkyl halides is 6. The van der Waals surface area contributed by atoms with E-state index in [1.807, 2.05) is 54.3 Å². The molecule has 3 saturated heterocycles. The average molecular weight is 693 g/mol. The molecule has 3 aliphatic heterocycles. The van der Waals surface area contributed by atoms with Crippen molar-refractivity contribution in [3.05, 3.63) is 92.7 Å². The molecular formula is C35H38F6N4O2S. The summed E-state index contributed by atoms with van der Waals surface area (Å²) in [5.74, 6) is -0.742. The van der Waals surface area contributed by atoms with Crippen molar-refractivity contribution in [1.29, 1.82) is 0 Å². The quantitative estimate of drug-likeness (QED) is 0.266. The Morgan fingerprint density at radius 1 is 0.750 bits per heavy atom. The highest BCUT2D eigenvalue weighted by Gasteiger charge is 2.41. The molecule has 6 nitrogen and oxygen atoms in total. The van der Waals surface area contributed by atoms with Crippen LogP contribution >= 0.6 is 11.3 Å². The fourth-order valence-electron chi connectivity index (χ4n) is 7.35. The van der Waals surface area contributed by atoms with Gasteiger partial charge < -0.3 is 9.80 Å². The first-order valence-electron chi connectivity index (χ1n) is 16.2. The zero-order valence-corrected chi connectivity index (χ0v) is 27.4. The van der Waals surface area contributed by atoms with Gasteiger partial charge in [-0.1, -0.05) is 30.3 Å². The predicted molar refractivity (Wildman–Crippen MR) is 171 cm³/mol. The molecular weight excluding hydrogens is 654 g/mol. The van der Waals surface area contributed by atoms with Crippen LogP contribution in [0.4, 0.5) is 26.3 Å². The Morgan fingerprint density at radius 3 is 1.94 bits per heavy atom. The minimum absolute atomic E-state index is 0.0513. The molecule has 3 aliphatic rings. The number of likely N-dealkylation sites (tertiary alicyclic amines) is 2. The SMILES string of the molecule is Cc1ccc(C(=O)N2CCC(N3CCN(C4CCN(C(=O)c5cc(C(F)(F)F)cc(C(F)(F)F)c5)C(Cc5ccccc5)C4)CC3)C2)s1. The summed E-state index contributed by atoms with van der Waals surface area (Å²) in [5, 5.41) is 0. The molecule has 6 rings (SSSR count). The Morgan fingerprint density at radius 2 is 1.35 bits per heavy atom. The normalized spacial score (nSPS) is 23.1. The van der Waals surface area contributed by atoms with Crippen LogP contribution in [0, 0.1) is 6.92 Å². The lowest BCUT2D eigenvalue weighted by molar-refractivity contribution is -0.143. The Labute approximate surface area is 279 Å². The molecule has 48 heavy (non-hydrogen) atoms. The third kappa shape index (κ3) is 7.73. The molecule has 0 saturated carbocycles. The lowest BCUT2D eigenvalue weighted by Crippen LogP contribution is -2.58. The van der Waals surface area contributed by atoms with E-state index in [-0.39, 0.29) is 30.6 Å². The number of amides is 2. The van der Waals surface area contributed by atoms with E-state index >= 15 is 0 Å². The molecule has 0 N–H and O–H groups in total. The van der Waals surface area contributed by atoms with Gasteiger partial charge in [0.15, 0.2) is 0 Å². The number of carbonyl (C=O) groups excluding carboxylic acids is 2. The molecule has 3 aromatic rings. The van der Waals surface area contributed by atoms with E-state index in [1.54, 1.807) is 0 Å². The molecule has 0 spiro atoms. The van der Waals surface area contributed by atoms with E-state index in [9.17, 15) is 35.9 Å². The maximum Gasteiger partial charge on any atom is 0.416 e. The highest BCUT2D eigenvalue weighted by molar-refractivity contribution is 7.13. The monoisotopic (exact) mass is 692 g/mol. The van der Waals surface area contributed by atoms with E-state index in [1.165, 1.54) is 16.2 Å². The summed E-state index contributed by atoms with van der Waals surface area (Å²) in [5.41, 5.74) is -2.67. The summed E-state index contributed by atoms with van der Waals surface area (Å²) < 4.78 is 81.6. The zero-order valence-electron chi connectivity index (χ0n) is 26.6. The second-order valence-electron chi connectivity index (χ2n) is 13.0. The molecule has 4 heterocycles. The molecule has 3 fully saturated rings. The van der Waals surface area contributed by atoms with E-state index in [0.29, 0.717) is 37.9 Å². The van der Waals surface area contributed by atoms with Crippen molar-refractivity contribution in [3.63, 3.8) is 0 Å². The summed E-state index contributed by atoms with van der Waals surface area (Å²) in [7, 11) is 0. The molecule has 0 bridgehead atoms. The number of thiophene rings is 1. The van der Waals surface area contributed by atoms with Crippen molar-refractivity contribution in [1.82, 2.24) is 19.6 Å². The molecule has 0 aliphatic carbocycles. The van der Waals surface area contributed by atoms with Crippen LogP contribution in [0.5, 0.6) is 0 Å². The molecule has 13 heteroatoms. The van der Waals surface area contributed by atoms with Gasteiger partial charge in [-0.2, -0.15) is 26.3 Å². The number of carbonyl (C=O) groups is 2. The molecule has 1 aromatic heterocycles. The van der Waals surface area contributed by atoms with Crippen LogP contribution in [0.1, 0.15) is 60.9 Å². The van der Waals surface area contributed by atoms with Gasteiger partial charge in [0.1, 0.15) is 0 Å². The summed E-state index contributed by atoms with van der Waals surface area (Å²) in [6.45, 7) is 6.90. The average Bonchev–Trinajstić information content (AvgIpc) is 3.73. The molecule has 3 unspecified atom stereocenters. The lowest BCUT2D eigenvalue weighted by Gasteiger charge is -2.47. The van der Waals surface area contributed by atoms with Gasteiger partial charge in [-0.05, 0) is 68.5 Å². The highest BCUT2D eigenvalue weighted by atomic mass is 32.1. The summed E-state index contributed by atoms with van der Waals surface area (Å²) >= 11 is 1.51. The summed E-state index contributed by atoms with van der Waals surface area (Å²) in [6.07, 6.45) is -7.61. The van der Waals surface area contributed by atoms with Gasteiger partial charge in [0.05, 0.1) is 16.0 Å². The Balaban J connectivity index is 1.13. The Bertz CT molecular complexity index is 1570. The maximum atomic E-state index is 13.7. The largest absolute Gasteiger partial charge is 0.416 e. The van der Waals surface area contributed by atoms with Crippen LogP contribution in [-0.4, -0.2) is 95.4 Å². The minimum Gasteiger partial charge on any atom is -0.336 e. The van der Waals surface area contributed by atoms with Crippen molar-refractivity contribution in [2.24, 2.45) is 0 Å². The molecule has 2 aromatic carbocycles. The summed E-state index contributed by atoms with van der Waals surface area (Å²) in [4.78, 5) is 36.8. The van der Waals surface area contributed by atoms with Crippen molar-refractivity contribution in [2.45, 2.75) is 63.1 Å². The second kappa shape index (κ2) is 13.8. The van der Waals surface area contributed by atoms with Gasteiger partial charge in [0.25, 0.3) is 11.8 Å². The number of nitrogens with zero attached hydrogens (tertiary/aromatic N) is 4. The van der Waals surface area contributed by atoms with Crippen molar-refractivity contribution < 1.29 is 35.9 Å². The zero-order chi connectivity index (χ0) is 34.2. The molecule has 258 valence electrons. The van der Waals surface area contributed by atoms with Crippen LogP contribution in [0.25, 0.3) is 0 Å². The van der Waals surface area contributed by atoms with Gasteiger partial charge in [-0.25, -0.2) is 0 Å². The number of hydrogen-bond acceptors (Lipinski definition) is 5. The van der Waals surface area contributed by atoms with Crippen LogP contribution in [0.2, 0.25) is 0 Å². The summed E-state index contributed by atoms with van der Waals surface area (Å²) in [6, 6.07) is 14.4. The minimum atomic E-state index is -5.04. The highest BCUT2D eigenvalue weighted by Crippen LogP contribution is 2.37. The van der Waals surface area contributed by atoms with Gasteiger partial charge in [-0.3, -0.25) is 19.4 Å². The van der Waals surface area contributed by atoms with Gasteiger partial charge in [-0.15, -0.1) is 11.3 Å². The third-order valence-electron chi connectivity index (χ3n) is 9.88. The van der Waals surface area contributed by atoms with Crippen LogP contribution in [0.15, 0.2) is 60.7 Å². The molecule has 3 atom stereocenters. The van der Waals surface area contributed by atoms with Gasteiger partial charge >= 0.3 is 12.4 Å². The fraction of sp³-hybridized carbons (Fsp3) is 0.486. The van der Waals surface area contributed by atoms with Crippen molar-refractivity contribution in [3.8, 4) is 0 Å². The number of hydrogen-bond donors (Lipinski definition) is 0. The van der Waals surface area contributed by atoms with E-state index < -0.39 is 41.0 Å². The van der Waals surface area contributed by atoms with Crippen LogP contribution in [-0.2, 0) is 18.8 Å². The third-order valence-corrected chi connectivity index (χ3v) is 10.9. The number of piperidine rings is 1. The first-order chi connectivity index (χ1) is 22.8. The van der Waals surface area contributed by atoms with Gasteiger partial charge in [0.2, 0.25) is 0 Å². The predicted octanol–water partition coefficient (Wildman–Crippen LogP) is 6.84. The smallest absolute Gasteiger partial charge is 0.336 e. The molecule has 0 radical (unpaired) electrons. The second-order valence-corrected chi connectivity index (χ2v) is 14.3. The molecule has 2 amide bonds. The van der Waals surface area contributed by atoms with E-state index in [2.05, 4.69) is 9.80 Å². The van der Waals surface area contributed by atoms with E-state index in [0.717, 1.165) is 54.5 Å². The Hall–Kier alpha value is -3.42. The lowest BCUT2D eigenvalue weighted by atomic mass is 9.90. The van der Waals surface area contributed by atoms with Crippen LogP contribution < -0.4 is 0 Å². The van der Waals surface area contributed by atoms with E-state index in [4.69, 9.17) is 0 Å².